The molecule has 1 amide bonds. The summed E-state index contributed by atoms with van der Waals surface area (Å²) in [5.41, 5.74) is 6.69. The second-order valence-electron chi connectivity index (χ2n) is 4.54. The van der Waals surface area contributed by atoms with E-state index in [9.17, 15) is 4.79 Å². The third-order valence-electron chi connectivity index (χ3n) is 3.31. The zero-order valence-electron chi connectivity index (χ0n) is 10.2. The maximum atomic E-state index is 12.5. The van der Waals surface area contributed by atoms with Crippen LogP contribution in [0.4, 0.5) is 5.69 Å². The van der Waals surface area contributed by atoms with E-state index in [2.05, 4.69) is 4.98 Å². The van der Waals surface area contributed by atoms with Crippen molar-refractivity contribution in [3.05, 3.63) is 23.3 Å². The zero-order valence-corrected chi connectivity index (χ0v) is 11.0. The van der Waals surface area contributed by atoms with Gasteiger partial charge in [0.05, 0.1) is 10.4 Å². The summed E-state index contributed by atoms with van der Waals surface area (Å²) < 4.78 is 0.977. The Bertz CT molecular complexity index is 603. The van der Waals surface area contributed by atoms with Crippen molar-refractivity contribution in [1.29, 1.82) is 0 Å². The molecule has 4 nitrogen and oxygen atoms in total. The second kappa shape index (κ2) is 4.24. The lowest BCUT2D eigenvalue weighted by atomic mass is 10.2. The van der Waals surface area contributed by atoms with Crippen LogP contribution in [0.25, 0.3) is 10.1 Å². The fraction of sp³-hybridized carbons (Fsp3) is 0.385. The van der Waals surface area contributed by atoms with Crippen molar-refractivity contribution in [1.82, 2.24) is 9.88 Å². The van der Waals surface area contributed by atoms with Crippen molar-refractivity contribution < 1.29 is 4.79 Å². The van der Waals surface area contributed by atoms with Crippen molar-refractivity contribution in [2.24, 2.45) is 0 Å². The first kappa shape index (κ1) is 11.5. The number of nitrogen functional groups attached to an aromatic ring is 1. The van der Waals surface area contributed by atoms with Crippen LogP contribution in [0.1, 0.15) is 29.4 Å². The highest BCUT2D eigenvalue weighted by Gasteiger charge is 2.33. The normalized spacial score (nSPS) is 14.9. The molecule has 0 aromatic carbocycles. The summed E-state index contributed by atoms with van der Waals surface area (Å²) in [6, 6.07) is 2.29. The summed E-state index contributed by atoms with van der Waals surface area (Å²) in [5.74, 6) is 0.0682. The van der Waals surface area contributed by atoms with E-state index in [-0.39, 0.29) is 5.91 Å². The molecule has 2 heterocycles. The molecule has 0 saturated heterocycles. The molecule has 1 aliphatic rings. The Morgan fingerprint density at radius 3 is 3.00 bits per heavy atom. The van der Waals surface area contributed by atoms with Gasteiger partial charge in [-0.05, 0) is 25.8 Å². The maximum Gasteiger partial charge on any atom is 0.266 e. The van der Waals surface area contributed by atoms with Gasteiger partial charge in [-0.25, -0.2) is 0 Å². The highest BCUT2D eigenvalue weighted by atomic mass is 32.1. The molecule has 3 rings (SSSR count). The number of nitrogens with zero attached hydrogens (tertiary/aromatic N) is 2. The molecular formula is C13H15N3OS. The molecule has 0 atom stereocenters. The number of anilines is 1. The van der Waals surface area contributed by atoms with Crippen LogP contribution in [0.5, 0.6) is 0 Å². The summed E-state index contributed by atoms with van der Waals surface area (Å²) in [6.45, 7) is 2.76. The predicted molar refractivity (Wildman–Crippen MR) is 73.8 cm³/mol. The Kier molecular flexibility index (Phi) is 2.70. The quantitative estimate of drug-likeness (QED) is 0.923. The Balaban J connectivity index is 2.02. The molecule has 0 spiro atoms. The average Bonchev–Trinajstić information content (AvgIpc) is 3.16. The molecule has 2 N–H and O–H groups in total. The molecule has 94 valence electrons. The minimum atomic E-state index is 0.0682. The van der Waals surface area contributed by atoms with Gasteiger partial charge in [0.1, 0.15) is 4.88 Å². The number of hydrogen-bond donors (Lipinski definition) is 1. The number of amides is 1. The fourth-order valence-electron chi connectivity index (χ4n) is 2.21. The summed E-state index contributed by atoms with van der Waals surface area (Å²) in [4.78, 5) is 19.1. The van der Waals surface area contributed by atoms with Crippen molar-refractivity contribution >= 4 is 33.0 Å². The number of hydrogen-bond acceptors (Lipinski definition) is 4. The van der Waals surface area contributed by atoms with Crippen LogP contribution >= 0.6 is 11.3 Å². The van der Waals surface area contributed by atoms with Gasteiger partial charge in [0.25, 0.3) is 5.91 Å². The molecule has 1 saturated carbocycles. The summed E-state index contributed by atoms with van der Waals surface area (Å²) >= 11 is 1.44. The number of thiophene rings is 1. The van der Waals surface area contributed by atoms with Gasteiger partial charge in [-0.15, -0.1) is 11.3 Å². The van der Waals surface area contributed by atoms with Crippen molar-refractivity contribution in [3.8, 4) is 0 Å². The van der Waals surface area contributed by atoms with Crippen LogP contribution in [0.2, 0.25) is 0 Å². The van der Waals surface area contributed by atoms with Crippen LogP contribution in [0.15, 0.2) is 18.5 Å². The van der Waals surface area contributed by atoms with Gasteiger partial charge >= 0.3 is 0 Å². The Labute approximate surface area is 109 Å². The van der Waals surface area contributed by atoms with E-state index in [1.165, 1.54) is 11.3 Å². The van der Waals surface area contributed by atoms with Crippen molar-refractivity contribution in [2.75, 3.05) is 12.3 Å². The first-order chi connectivity index (χ1) is 8.72. The summed E-state index contributed by atoms with van der Waals surface area (Å²) in [6.07, 6.45) is 5.70. The van der Waals surface area contributed by atoms with Gasteiger partial charge in [-0.2, -0.15) is 0 Å². The molecule has 0 aliphatic heterocycles. The molecule has 2 aromatic rings. The lowest BCUT2D eigenvalue weighted by molar-refractivity contribution is 0.0758. The van der Waals surface area contributed by atoms with Gasteiger partial charge < -0.3 is 10.6 Å². The smallest absolute Gasteiger partial charge is 0.266 e. The summed E-state index contributed by atoms with van der Waals surface area (Å²) in [7, 11) is 0. The molecule has 18 heavy (non-hydrogen) atoms. The summed E-state index contributed by atoms with van der Waals surface area (Å²) in [5, 5.41) is 0.935. The molecule has 2 aromatic heterocycles. The van der Waals surface area contributed by atoms with E-state index >= 15 is 0 Å². The van der Waals surface area contributed by atoms with Gasteiger partial charge in [0, 0.05) is 30.4 Å². The number of rotatable bonds is 3. The van der Waals surface area contributed by atoms with E-state index in [4.69, 9.17) is 5.73 Å². The van der Waals surface area contributed by atoms with E-state index in [1.807, 2.05) is 17.9 Å². The topological polar surface area (TPSA) is 59.2 Å². The van der Waals surface area contributed by atoms with Crippen LogP contribution in [0, 0.1) is 0 Å². The lowest BCUT2D eigenvalue weighted by Gasteiger charge is -2.19. The fourth-order valence-corrected chi connectivity index (χ4v) is 3.26. The molecule has 0 radical (unpaired) electrons. The standard InChI is InChI=1S/C13H15N3OS/c1-2-16(8-3-4-8)13(17)12-11(14)9-5-6-15-7-10(9)18-12/h5-8H,2-4,14H2,1H3. The van der Waals surface area contributed by atoms with Crippen molar-refractivity contribution in [2.45, 2.75) is 25.8 Å². The molecule has 5 heteroatoms. The third-order valence-corrected chi connectivity index (χ3v) is 4.46. The van der Waals surface area contributed by atoms with E-state index in [0.717, 1.165) is 29.5 Å². The minimum absolute atomic E-state index is 0.0682. The highest BCUT2D eigenvalue weighted by Crippen LogP contribution is 2.36. The number of carbonyl (C=O) groups is 1. The Morgan fingerprint density at radius 2 is 2.39 bits per heavy atom. The number of aromatic nitrogens is 1. The monoisotopic (exact) mass is 261 g/mol. The van der Waals surface area contributed by atoms with Gasteiger partial charge in [0.2, 0.25) is 0 Å². The van der Waals surface area contributed by atoms with Crippen molar-refractivity contribution in [3.63, 3.8) is 0 Å². The van der Waals surface area contributed by atoms with Crippen LogP contribution in [0.3, 0.4) is 0 Å². The van der Waals surface area contributed by atoms with Gasteiger partial charge in [-0.1, -0.05) is 0 Å². The SMILES string of the molecule is CCN(C(=O)c1sc2cnccc2c1N)C1CC1. The average molecular weight is 261 g/mol. The second-order valence-corrected chi connectivity index (χ2v) is 5.59. The molecule has 0 bridgehead atoms. The highest BCUT2D eigenvalue weighted by molar-refractivity contribution is 7.21. The van der Waals surface area contributed by atoms with E-state index in [0.29, 0.717) is 16.6 Å². The number of pyridine rings is 1. The maximum absolute atomic E-state index is 12.5. The van der Waals surface area contributed by atoms with Crippen LogP contribution in [-0.2, 0) is 0 Å². The van der Waals surface area contributed by atoms with Gasteiger partial charge in [-0.3, -0.25) is 9.78 Å². The van der Waals surface area contributed by atoms with E-state index < -0.39 is 0 Å². The predicted octanol–water partition coefficient (Wildman–Crippen LogP) is 2.50. The Morgan fingerprint density at radius 1 is 1.61 bits per heavy atom. The molecular weight excluding hydrogens is 246 g/mol. The van der Waals surface area contributed by atoms with E-state index in [1.54, 1.807) is 12.4 Å². The first-order valence-corrected chi connectivity index (χ1v) is 6.97. The number of fused-ring (bicyclic) bond motifs is 1. The Hall–Kier alpha value is -1.62. The lowest BCUT2D eigenvalue weighted by Crippen LogP contribution is -2.32. The first-order valence-electron chi connectivity index (χ1n) is 6.15. The largest absolute Gasteiger partial charge is 0.397 e. The minimum Gasteiger partial charge on any atom is -0.397 e. The molecule has 0 unspecified atom stereocenters. The van der Waals surface area contributed by atoms with Crippen LogP contribution in [-0.4, -0.2) is 28.4 Å². The third kappa shape index (κ3) is 1.75. The van der Waals surface area contributed by atoms with Gasteiger partial charge in [0.15, 0.2) is 0 Å². The molecule has 1 fully saturated rings. The number of carbonyl (C=O) groups excluding carboxylic acids is 1. The zero-order chi connectivity index (χ0) is 12.7. The van der Waals surface area contributed by atoms with Crippen LogP contribution < -0.4 is 5.73 Å². The number of nitrogens with two attached hydrogens (primary N) is 1. The molecule has 1 aliphatic carbocycles.